The van der Waals surface area contributed by atoms with E-state index in [1.807, 2.05) is 0 Å². The highest BCUT2D eigenvalue weighted by Gasteiger charge is 2.33. The van der Waals surface area contributed by atoms with E-state index in [9.17, 15) is 13.6 Å². The number of aromatic nitrogens is 4. The maximum absolute atomic E-state index is 15.5. The molecule has 0 fully saturated rings. The van der Waals surface area contributed by atoms with Gasteiger partial charge in [0, 0.05) is 34.3 Å². The number of amides is 1. The van der Waals surface area contributed by atoms with Crippen molar-refractivity contribution in [2.24, 2.45) is 0 Å². The van der Waals surface area contributed by atoms with E-state index < -0.39 is 29.6 Å². The summed E-state index contributed by atoms with van der Waals surface area (Å²) in [5.74, 6) is 4.10. The Labute approximate surface area is 206 Å². The van der Waals surface area contributed by atoms with Gasteiger partial charge >= 0.3 is 0 Å². The molecule has 4 aromatic rings. The number of halogens is 3. The third kappa shape index (κ3) is 4.59. The summed E-state index contributed by atoms with van der Waals surface area (Å²) in [6.07, 6.45) is 0.539. The van der Waals surface area contributed by atoms with E-state index in [1.165, 1.54) is 26.2 Å². The number of alkyl halides is 2. The van der Waals surface area contributed by atoms with E-state index in [2.05, 4.69) is 32.1 Å². The molecule has 1 aliphatic heterocycles. The predicted octanol–water partition coefficient (Wildman–Crippen LogP) is 4.72. The number of rotatable bonds is 4. The van der Waals surface area contributed by atoms with Crippen molar-refractivity contribution in [1.29, 1.82) is 0 Å². The fraction of sp³-hybridized carbons (Fsp3) is 0.296. The minimum atomic E-state index is -1.70. The average molecular weight is 492 g/mol. The lowest BCUT2D eigenvalue weighted by Gasteiger charge is -2.18. The van der Waals surface area contributed by atoms with Crippen molar-refractivity contribution in [1.82, 2.24) is 24.8 Å². The van der Waals surface area contributed by atoms with Crippen LogP contribution in [0.15, 0.2) is 42.7 Å². The van der Waals surface area contributed by atoms with Gasteiger partial charge in [-0.1, -0.05) is 24.0 Å². The van der Waals surface area contributed by atoms with Gasteiger partial charge in [0.15, 0.2) is 11.5 Å². The smallest absolute Gasteiger partial charge is 0.270 e. The summed E-state index contributed by atoms with van der Waals surface area (Å²) in [4.78, 5) is 25.1. The summed E-state index contributed by atoms with van der Waals surface area (Å²) in [5.41, 5.74) is 0.907. The molecule has 1 amide bonds. The number of H-pyrrole nitrogens is 1. The summed E-state index contributed by atoms with van der Waals surface area (Å²) >= 11 is 0. The van der Waals surface area contributed by atoms with Crippen molar-refractivity contribution >= 4 is 16.8 Å². The molecule has 0 unspecified atom stereocenters. The number of carbonyl (C=O) groups excluding carboxylic acids is 1. The van der Waals surface area contributed by atoms with Gasteiger partial charge in [-0.05, 0) is 45.0 Å². The zero-order chi connectivity index (χ0) is 25.6. The summed E-state index contributed by atoms with van der Waals surface area (Å²) in [7, 11) is 0. The fourth-order valence-corrected chi connectivity index (χ4v) is 4.42. The first-order chi connectivity index (χ1) is 17.1. The molecule has 0 radical (unpaired) electrons. The van der Waals surface area contributed by atoms with Crippen LogP contribution in [0.2, 0.25) is 0 Å². The summed E-state index contributed by atoms with van der Waals surface area (Å²) in [6.45, 7) is 4.53. The molecular weight excluding hydrogens is 467 g/mol. The first-order valence-electron chi connectivity index (χ1n) is 11.5. The zero-order valence-electron chi connectivity index (χ0n) is 20.0. The molecule has 6 nitrogen and oxygen atoms in total. The lowest BCUT2D eigenvalue weighted by Crippen LogP contribution is -2.32. The molecule has 1 aromatic carbocycles. The van der Waals surface area contributed by atoms with E-state index in [-0.39, 0.29) is 24.4 Å². The Morgan fingerprint density at radius 1 is 1.31 bits per heavy atom. The van der Waals surface area contributed by atoms with E-state index in [0.717, 1.165) is 0 Å². The minimum Gasteiger partial charge on any atom is -0.354 e. The number of aryl methyl sites for hydroxylation is 1. The molecule has 184 valence electrons. The highest BCUT2D eigenvalue weighted by atomic mass is 19.1. The van der Waals surface area contributed by atoms with Crippen molar-refractivity contribution in [2.75, 3.05) is 0 Å². The van der Waals surface area contributed by atoms with E-state index in [0.29, 0.717) is 33.5 Å². The monoisotopic (exact) mass is 491 g/mol. The third-order valence-corrected chi connectivity index (χ3v) is 5.99. The topological polar surface area (TPSA) is 75.6 Å². The van der Waals surface area contributed by atoms with Crippen LogP contribution in [0.25, 0.3) is 10.9 Å². The van der Waals surface area contributed by atoms with Crippen LogP contribution in [-0.4, -0.2) is 37.3 Å². The quantitative estimate of drug-likeness (QED) is 0.406. The number of benzene rings is 1. The molecule has 0 spiro atoms. The Morgan fingerprint density at radius 3 is 2.83 bits per heavy atom. The lowest BCUT2D eigenvalue weighted by molar-refractivity contribution is 0.0936. The first-order valence-corrected chi connectivity index (χ1v) is 11.5. The van der Waals surface area contributed by atoms with Crippen molar-refractivity contribution in [3.63, 3.8) is 0 Å². The second kappa shape index (κ2) is 8.86. The van der Waals surface area contributed by atoms with Crippen LogP contribution in [0.5, 0.6) is 0 Å². The van der Waals surface area contributed by atoms with Crippen molar-refractivity contribution in [3.05, 3.63) is 82.6 Å². The molecule has 5 rings (SSSR count). The van der Waals surface area contributed by atoms with Gasteiger partial charge < -0.3 is 14.9 Å². The molecule has 3 aromatic heterocycles. The van der Waals surface area contributed by atoms with Crippen LogP contribution in [0.3, 0.4) is 0 Å². The van der Waals surface area contributed by atoms with Gasteiger partial charge in [-0.3, -0.25) is 4.79 Å². The van der Waals surface area contributed by atoms with Crippen LogP contribution in [-0.2, 0) is 13.0 Å². The number of pyridine rings is 1. The number of hydrogen-bond acceptors (Lipinski definition) is 3. The van der Waals surface area contributed by atoms with E-state index >= 15 is 4.39 Å². The van der Waals surface area contributed by atoms with Gasteiger partial charge in [0.2, 0.25) is 0 Å². The van der Waals surface area contributed by atoms with Crippen molar-refractivity contribution in [3.8, 4) is 11.8 Å². The van der Waals surface area contributed by atoms with Crippen LogP contribution in [0, 0.1) is 24.6 Å². The van der Waals surface area contributed by atoms with Gasteiger partial charge in [-0.2, -0.15) is 0 Å². The van der Waals surface area contributed by atoms with E-state index in [4.69, 9.17) is 0 Å². The molecule has 2 N–H and O–H groups in total. The van der Waals surface area contributed by atoms with Crippen molar-refractivity contribution in [2.45, 2.75) is 51.6 Å². The Kier molecular flexibility index (Phi) is 5.83. The largest absolute Gasteiger partial charge is 0.354 e. The number of aromatic amines is 1. The number of fused-ring (bicyclic) bond motifs is 2. The number of nitrogens with zero attached hydrogens (tertiary/aromatic N) is 3. The molecule has 0 saturated carbocycles. The Balaban J connectivity index is 1.56. The summed E-state index contributed by atoms with van der Waals surface area (Å²) < 4.78 is 45.2. The SMILES string of the molecule is Cc1cc(C#CC(C)(C)F)cc(C(=O)N[C@H](c2ncn3c2C[C@@H](F)C3)c2[nH]c3ccccc3c2F)n1. The number of imidazole rings is 1. The summed E-state index contributed by atoms with van der Waals surface area (Å²) in [5, 5.41) is 3.20. The fourth-order valence-electron chi connectivity index (χ4n) is 4.42. The van der Waals surface area contributed by atoms with Crippen molar-refractivity contribution < 1.29 is 18.0 Å². The number of carbonyl (C=O) groups is 1. The summed E-state index contributed by atoms with van der Waals surface area (Å²) in [6, 6.07) is 8.94. The molecule has 0 saturated heterocycles. The second-order valence-corrected chi connectivity index (χ2v) is 9.44. The zero-order valence-corrected chi connectivity index (χ0v) is 20.0. The van der Waals surface area contributed by atoms with Crippen LogP contribution in [0.1, 0.15) is 58.7 Å². The molecule has 2 atom stereocenters. The lowest BCUT2D eigenvalue weighted by atomic mass is 10.0. The average Bonchev–Trinajstić information content (AvgIpc) is 3.48. The highest BCUT2D eigenvalue weighted by molar-refractivity contribution is 5.93. The van der Waals surface area contributed by atoms with Gasteiger partial charge in [-0.25, -0.2) is 23.1 Å². The standard InChI is InChI=1S/C27H24F3N5O/c1-15-10-16(8-9-27(2,3)30)11-20(32-15)26(36)34-25(23-21-12-17(28)13-35(21)14-31-23)24-22(29)18-6-4-5-7-19(18)33-24/h4-7,10-11,14,17,25,33H,12-13H2,1-3H3,(H,34,36)/t17-,25-/m1/s1. The molecular formula is C27H24F3N5O. The Hall–Kier alpha value is -4.06. The second-order valence-electron chi connectivity index (χ2n) is 9.44. The van der Waals surface area contributed by atoms with Gasteiger partial charge in [0.05, 0.1) is 24.3 Å². The third-order valence-electron chi connectivity index (χ3n) is 5.99. The first kappa shape index (κ1) is 23.7. The molecule has 0 bridgehead atoms. The Morgan fingerprint density at radius 2 is 2.08 bits per heavy atom. The minimum absolute atomic E-state index is 0.0386. The number of nitrogens with one attached hydrogen (secondary N) is 2. The van der Waals surface area contributed by atoms with Crippen LogP contribution < -0.4 is 5.32 Å². The Bertz CT molecular complexity index is 1540. The van der Waals surface area contributed by atoms with E-state index in [1.54, 1.807) is 41.8 Å². The number of para-hydroxylation sites is 1. The maximum atomic E-state index is 15.5. The van der Waals surface area contributed by atoms with Crippen LogP contribution >= 0.6 is 0 Å². The van der Waals surface area contributed by atoms with Gasteiger partial charge in [-0.15, -0.1) is 0 Å². The van der Waals surface area contributed by atoms with Crippen LogP contribution in [0.4, 0.5) is 13.2 Å². The highest BCUT2D eigenvalue weighted by Crippen LogP contribution is 2.33. The molecule has 4 heterocycles. The number of hydrogen-bond donors (Lipinski definition) is 2. The van der Waals surface area contributed by atoms with Gasteiger partial charge in [0.25, 0.3) is 5.91 Å². The normalized spacial score (nSPS) is 15.9. The molecule has 9 heteroatoms. The molecule has 0 aliphatic carbocycles. The molecule has 1 aliphatic rings. The maximum Gasteiger partial charge on any atom is 0.270 e. The molecule has 36 heavy (non-hydrogen) atoms. The van der Waals surface area contributed by atoms with Gasteiger partial charge in [0.1, 0.15) is 17.9 Å². The predicted molar refractivity (Wildman–Crippen MR) is 129 cm³/mol.